The first kappa shape index (κ1) is 17.8. The number of carbonyl (C=O) groups is 3. The molecule has 2 atom stereocenters. The van der Waals surface area contributed by atoms with Crippen molar-refractivity contribution in [2.45, 2.75) is 44.4 Å². The summed E-state index contributed by atoms with van der Waals surface area (Å²) in [4.78, 5) is 38.6. The van der Waals surface area contributed by atoms with Gasteiger partial charge in [0.1, 0.15) is 11.8 Å². The van der Waals surface area contributed by atoms with E-state index >= 15 is 0 Å². The smallest absolute Gasteiger partial charge is 0.414 e. The Morgan fingerprint density at radius 3 is 2.56 bits per heavy atom. The molecule has 3 rings (SSSR count). The quantitative estimate of drug-likeness (QED) is 0.758. The minimum absolute atomic E-state index is 0.144. The number of para-hydroxylation sites is 1. The van der Waals surface area contributed by atoms with Gasteiger partial charge in [0, 0.05) is 18.2 Å². The number of aliphatic hydroxyl groups excluding tert-OH is 1. The van der Waals surface area contributed by atoms with Gasteiger partial charge in [0.2, 0.25) is 10.8 Å². The SMILES string of the molecule is CC(=O)N1C(=O)[C@]2(SC[C@H](O)N2C(=O)OC(C)(C)C)c2ccccc21. The Labute approximate surface area is 149 Å². The van der Waals surface area contributed by atoms with Gasteiger partial charge in [-0.25, -0.2) is 9.69 Å². The van der Waals surface area contributed by atoms with Crippen molar-refractivity contribution in [2.24, 2.45) is 0 Å². The molecular weight excluding hydrogens is 344 g/mol. The number of hydrogen-bond acceptors (Lipinski definition) is 6. The highest BCUT2D eigenvalue weighted by molar-refractivity contribution is 8.01. The van der Waals surface area contributed by atoms with Gasteiger partial charge in [0.25, 0.3) is 5.91 Å². The predicted molar refractivity (Wildman–Crippen MR) is 92.8 cm³/mol. The first-order chi connectivity index (χ1) is 11.6. The van der Waals surface area contributed by atoms with Gasteiger partial charge in [0.15, 0.2) is 0 Å². The van der Waals surface area contributed by atoms with E-state index in [2.05, 4.69) is 0 Å². The summed E-state index contributed by atoms with van der Waals surface area (Å²) >= 11 is 1.13. The van der Waals surface area contributed by atoms with E-state index in [0.717, 1.165) is 21.6 Å². The van der Waals surface area contributed by atoms with E-state index in [1.54, 1.807) is 45.0 Å². The standard InChI is InChI=1S/C17H20N2O5S/c1-10(20)18-12-8-6-5-7-11(12)17(14(18)22)19(13(21)9-25-17)15(23)24-16(2,3)4/h5-8,13,21H,9H2,1-4H3/t13-,17+/m0/s1. The molecule has 1 aromatic carbocycles. The van der Waals surface area contributed by atoms with Crippen LogP contribution in [-0.4, -0.2) is 45.5 Å². The van der Waals surface area contributed by atoms with Gasteiger partial charge in [-0.05, 0) is 26.8 Å². The molecule has 1 spiro atoms. The summed E-state index contributed by atoms with van der Waals surface area (Å²) in [7, 11) is 0. The van der Waals surface area contributed by atoms with Crippen molar-refractivity contribution >= 4 is 35.4 Å². The Bertz CT molecular complexity index is 760. The molecule has 2 aliphatic rings. The van der Waals surface area contributed by atoms with Gasteiger partial charge < -0.3 is 9.84 Å². The zero-order valence-corrected chi connectivity index (χ0v) is 15.3. The Balaban J connectivity index is 2.14. The first-order valence-electron chi connectivity index (χ1n) is 7.88. The summed E-state index contributed by atoms with van der Waals surface area (Å²) in [6.07, 6.45) is -1.98. The average molecular weight is 364 g/mol. The summed E-state index contributed by atoms with van der Waals surface area (Å²) in [5.74, 6) is -0.862. The van der Waals surface area contributed by atoms with Crippen molar-refractivity contribution in [2.75, 3.05) is 10.7 Å². The maximum Gasteiger partial charge on any atom is 0.414 e. The molecule has 3 amide bonds. The Kier molecular flexibility index (Phi) is 4.08. The number of aliphatic hydroxyl groups is 1. The summed E-state index contributed by atoms with van der Waals surface area (Å²) < 4.78 is 5.40. The predicted octanol–water partition coefficient (Wildman–Crippen LogP) is 2.03. The van der Waals surface area contributed by atoms with Crippen LogP contribution in [0.25, 0.3) is 0 Å². The number of fused-ring (bicyclic) bond motifs is 2. The fourth-order valence-electron chi connectivity index (χ4n) is 3.13. The van der Waals surface area contributed by atoms with E-state index in [4.69, 9.17) is 4.74 Å². The highest BCUT2D eigenvalue weighted by atomic mass is 32.2. The molecule has 0 aliphatic carbocycles. The molecule has 2 aliphatic heterocycles. The van der Waals surface area contributed by atoms with Crippen LogP contribution in [0.1, 0.15) is 33.3 Å². The van der Waals surface area contributed by atoms with Crippen LogP contribution in [0, 0.1) is 0 Å². The molecule has 1 fully saturated rings. The molecule has 25 heavy (non-hydrogen) atoms. The van der Waals surface area contributed by atoms with Gasteiger partial charge >= 0.3 is 6.09 Å². The second-order valence-electron chi connectivity index (χ2n) is 6.96. The minimum Gasteiger partial charge on any atom is -0.444 e. The number of ether oxygens (including phenoxy) is 1. The lowest BCUT2D eigenvalue weighted by molar-refractivity contribution is -0.132. The number of nitrogens with zero attached hydrogens (tertiary/aromatic N) is 2. The van der Waals surface area contributed by atoms with Crippen molar-refractivity contribution in [3.05, 3.63) is 29.8 Å². The van der Waals surface area contributed by atoms with Crippen LogP contribution in [0.3, 0.4) is 0 Å². The fourth-order valence-corrected chi connectivity index (χ4v) is 4.54. The highest BCUT2D eigenvalue weighted by Gasteiger charge is 2.63. The van der Waals surface area contributed by atoms with Gasteiger partial charge in [0.05, 0.1) is 5.69 Å². The summed E-state index contributed by atoms with van der Waals surface area (Å²) in [5.41, 5.74) is 0.143. The van der Waals surface area contributed by atoms with E-state index in [1.165, 1.54) is 6.92 Å². The number of benzene rings is 1. The number of amides is 3. The van der Waals surface area contributed by atoms with Crippen molar-refractivity contribution in [1.82, 2.24) is 4.90 Å². The second kappa shape index (κ2) is 5.74. The Morgan fingerprint density at radius 2 is 1.96 bits per heavy atom. The molecule has 0 radical (unpaired) electrons. The van der Waals surface area contributed by atoms with Crippen LogP contribution in [0.5, 0.6) is 0 Å². The fraction of sp³-hybridized carbons (Fsp3) is 0.471. The van der Waals surface area contributed by atoms with Crippen molar-refractivity contribution < 1.29 is 24.2 Å². The van der Waals surface area contributed by atoms with Crippen molar-refractivity contribution in [1.29, 1.82) is 0 Å². The number of thioether (sulfide) groups is 1. The number of anilines is 1. The number of hydrogen-bond donors (Lipinski definition) is 1. The van der Waals surface area contributed by atoms with Gasteiger partial charge in [-0.1, -0.05) is 18.2 Å². The lowest BCUT2D eigenvalue weighted by atomic mass is 10.1. The monoisotopic (exact) mass is 364 g/mol. The molecule has 1 N–H and O–H groups in total. The second-order valence-corrected chi connectivity index (χ2v) is 8.18. The van der Waals surface area contributed by atoms with Crippen LogP contribution < -0.4 is 4.90 Å². The normalized spacial score (nSPS) is 25.5. The third-order valence-corrected chi connectivity index (χ3v) is 5.46. The molecule has 134 valence electrons. The molecule has 7 nitrogen and oxygen atoms in total. The lowest BCUT2D eigenvalue weighted by Crippen LogP contribution is -2.55. The van der Waals surface area contributed by atoms with Crippen LogP contribution in [0.2, 0.25) is 0 Å². The molecule has 2 heterocycles. The van der Waals surface area contributed by atoms with Crippen LogP contribution in [0.15, 0.2) is 24.3 Å². The van der Waals surface area contributed by atoms with E-state index in [-0.39, 0.29) is 5.75 Å². The maximum absolute atomic E-state index is 13.2. The van der Waals surface area contributed by atoms with Crippen molar-refractivity contribution in [3.8, 4) is 0 Å². The maximum atomic E-state index is 13.2. The molecule has 1 aromatic rings. The van der Waals surface area contributed by atoms with Crippen LogP contribution in [-0.2, 0) is 19.2 Å². The first-order valence-corrected chi connectivity index (χ1v) is 8.87. The lowest BCUT2D eigenvalue weighted by Gasteiger charge is -2.35. The molecule has 8 heteroatoms. The minimum atomic E-state index is -1.50. The van der Waals surface area contributed by atoms with Crippen molar-refractivity contribution in [3.63, 3.8) is 0 Å². The third kappa shape index (κ3) is 2.60. The molecule has 0 bridgehead atoms. The largest absolute Gasteiger partial charge is 0.444 e. The van der Waals surface area contributed by atoms with Gasteiger partial charge in [-0.15, -0.1) is 11.8 Å². The topological polar surface area (TPSA) is 87.2 Å². The molecular formula is C17H20N2O5S. The summed E-state index contributed by atoms with van der Waals surface area (Å²) in [6.45, 7) is 6.42. The number of rotatable bonds is 0. The summed E-state index contributed by atoms with van der Waals surface area (Å²) in [6, 6.07) is 6.80. The molecule has 0 saturated carbocycles. The van der Waals surface area contributed by atoms with E-state index in [1.807, 2.05) is 0 Å². The zero-order chi connectivity index (χ0) is 18.6. The molecule has 1 saturated heterocycles. The van der Waals surface area contributed by atoms with E-state index < -0.39 is 34.6 Å². The van der Waals surface area contributed by atoms with E-state index in [0.29, 0.717) is 11.3 Å². The Morgan fingerprint density at radius 1 is 1.32 bits per heavy atom. The third-order valence-electron chi connectivity index (χ3n) is 3.99. The highest BCUT2D eigenvalue weighted by Crippen LogP contribution is 2.55. The number of carbonyl (C=O) groups excluding carboxylic acids is 3. The zero-order valence-electron chi connectivity index (χ0n) is 14.5. The van der Waals surface area contributed by atoms with E-state index in [9.17, 15) is 19.5 Å². The number of imide groups is 1. The van der Waals surface area contributed by atoms with Crippen LogP contribution >= 0.6 is 11.8 Å². The summed E-state index contributed by atoms with van der Waals surface area (Å²) in [5, 5.41) is 10.4. The van der Waals surface area contributed by atoms with Crippen LogP contribution in [0.4, 0.5) is 10.5 Å². The molecule has 0 unspecified atom stereocenters. The van der Waals surface area contributed by atoms with Gasteiger partial charge in [-0.3, -0.25) is 14.5 Å². The Hall–Kier alpha value is -2.06. The molecule has 0 aromatic heterocycles. The average Bonchev–Trinajstić information content (AvgIpc) is 2.95. The van der Waals surface area contributed by atoms with Gasteiger partial charge in [-0.2, -0.15) is 0 Å².